The molecule has 0 aliphatic heterocycles. The lowest BCUT2D eigenvalue weighted by molar-refractivity contribution is 0.0904. The zero-order valence-electron chi connectivity index (χ0n) is 21.8. The quantitative estimate of drug-likeness (QED) is 0.293. The minimum Gasteiger partial charge on any atom is -0.475 e. The van der Waals surface area contributed by atoms with Gasteiger partial charge in [-0.3, -0.25) is 18.9 Å². The van der Waals surface area contributed by atoms with Gasteiger partial charge < -0.3 is 15.2 Å². The van der Waals surface area contributed by atoms with E-state index in [2.05, 4.69) is 15.3 Å². The largest absolute Gasteiger partial charge is 0.475 e. The van der Waals surface area contributed by atoms with Crippen molar-refractivity contribution >= 4 is 28.5 Å². The number of imidazole rings is 1. The number of carbonyl (C=O) groups excluding carboxylic acids is 1. The number of halogens is 4. The molecular weight excluding hydrogens is 563 g/mol. The molecule has 0 radical (unpaired) electrons. The lowest BCUT2D eigenvalue weighted by atomic mass is 9.85. The SMILES string of the molecule is O=C(NC1CCC(Cn2c(=O)n(-c3ccc(OCCO)nc3)c3ccc(F)cc32)CC1)c1cc(Cl)cnc1C(F)F. The van der Waals surface area contributed by atoms with Crippen molar-refractivity contribution < 1.29 is 27.8 Å². The predicted octanol–water partition coefficient (Wildman–Crippen LogP) is 4.67. The van der Waals surface area contributed by atoms with Crippen LogP contribution in [0.2, 0.25) is 5.02 Å². The second-order valence-corrected chi connectivity index (χ2v) is 10.3. The van der Waals surface area contributed by atoms with Gasteiger partial charge in [0.05, 0.1) is 40.1 Å². The Kier molecular flexibility index (Phi) is 8.60. The molecule has 0 spiro atoms. The number of rotatable bonds is 9. The Balaban J connectivity index is 1.31. The third-order valence-corrected chi connectivity index (χ3v) is 7.38. The number of fused-ring (bicyclic) bond motifs is 1. The van der Waals surface area contributed by atoms with Gasteiger partial charge in [0, 0.05) is 24.8 Å². The number of carbonyl (C=O) groups is 1. The monoisotopic (exact) mass is 589 g/mol. The van der Waals surface area contributed by atoms with E-state index in [4.69, 9.17) is 21.4 Å². The first-order chi connectivity index (χ1) is 19.7. The summed E-state index contributed by atoms with van der Waals surface area (Å²) in [6.07, 6.45) is 2.12. The third-order valence-electron chi connectivity index (χ3n) is 7.17. The average molecular weight is 590 g/mol. The lowest BCUT2D eigenvalue weighted by Gasteiger charge is -2.29. The summed E-state index contributed by atoms with van der Waals surface area (Å²) in [7, 11) is 0. The number of hydrogen-bond acceptors (Lipinski definition) is 6. The summed E-state index contributed by atoms with van der Waals surface area (Å²) in [4.78, 5) is 34.1. The maximum absolute atomic E-state index is 14.3. The number of alkyl halides is 2. The van der Waals surface area contributed by atoms with Crippen molar-refractivity contribution in [2.24, 2.45) is 5.92 Å². The van der Waals surface area contributed by atoms with Crippen molar-refractivity contribution in [1.29, 1.82) is 0 Å². The highest BCUT2D eigenvalue weighted by Crippen LogP contribution is 2.29. The van der Waals surface area contributed by atoms with E-state index in [-0.39, 0.29) is 41.4 Å². The molecule has 3 aromatic heterocycles. The van der Waals surface area contributed by atoms with Gasteiger partial charge >= 0.3 is 5.69 Å². The van der Waals surface area contributed by atoms with Crippen molar-refractivity contribution in [3.05, 3.63) is 81.4 Å². The van der Waals surface area contributed by atoms with E-state index in [1.807, 2.05) is 0 Å². The molecule has 1 fully saturated rings. The molecule has 0 unspecified atom stereocenters. The lowest BCUT2D eigenvalue weighted by Crippen LogP contribution is -2.39. The molecule has 5 rings (SSSR count). The predicted molar refractivity (Wildman–Crippen MR) is 145 cm³/mol. The van der Waals surface area contributed by atoms with Crippen LogP contribution in [0.25, 0.3) is 16.7 Å². The molecule has 1 aromatic carbocycles. The topological polar surface area (TPSA) is 111 Å². The van der Waals surface area contributed by atoms with Crippen LogP contribution in [0.15, 0.2) is 53.6 Å². The second-order valence-electron chi connectivity index (χ2n) is 9.87. The first kappa shape index (κ1) is 28.6. The maximum Gasteiger partial charge on any atom is 0.333 e. The van der Waals surface area contributed by atoms with E-state index in [9.17, 15) is 22.8 Å². The number of nitrogens with one attached hydrogen (secondary N) is 1. The fraction of sp³-hybridized carbons (Fsp3) is 0.357. The highest BCUT2D eigenvalue weighted by Gasteiger charge is 2.27. The number of aromatic nitrogens is 4. The Morgan fingerprint density at radius 2 is 1.88 bits per heavy atom. The molecule has 9 nitrogen and oxygen atoms in total. The van der Waals surface area contributed by atoms with Gasteiger partial charge in [-0.05, 0) is 61.9 Å². The summed E-state index contributed by atoms with van der Waals surface area (Å²) in [5.74, 6) is -0.763. The summed E-state index contributed by atoms with van der Waals surface area (Å²) < 4.78 is 49.2. The van der Waals surface area contributed by atoms with Crippen LogP contribution in [0.4, 0.5) is 13.2 Å². The van der Waals surface area contributed by atoms with Gasteiger partial charge in [-0.2, -0.15) is 0 Å². The van der Waals surface area contributed by atoms with Crippen LogP contribution >= 0.6 is 11.6 Å². The second kappa shape index (κ2) is 12.3. The zero-order valence-corrected chi connectivity index (χ0v) is 22.5. The molecule has 41 heavy (non-hydrogen) atoms. The molecule has 13 heteroatoms. The van der Waals surface area contributed by atoms with Crippen LogP contribution in [-0.2, 0) is 6.54 Å². The fourth-order valence-corrected chi connectivity index (χ4v) is 5.37. The van der Waals surface area contributed by atoms with Gasteiger partial charge in [0.25, 0.3) is 12.3 Å². The van der Waals surface area contributed by atoms with Crippen molar-refractivity contribution in [2.75, 3.05) is 13.2 Å². The molecule has 1 saturated carbocycles. The van der Waals surface area contributed by atoms with Crippen molar-refractivity contribution in [2.45, 2.75) is 44.7 Å². The zero-order chi connectivity index (χ0) is 29.1. The Morgan fingerprint density at radius 1 is 1.10 bits per heavy atom. The molecular formula is C28H27ClF3N5O4. The normalized spacial score (nSPS) is 17.2. The van der Waals surface area contributed by atoms with Crippen LogP contribution in [0, 0.1) is 11.7 Å². The van der Waals surface area contributed by atoms with Crippen LogP contribution in [0.5, 0.6) is 5.88 Å². The number of aliphatic hydroxyl groups is 1. The van der Waals surface area contributed by atoms with Gasteiger partial charge in [0.2, 0.25) is 5.88 Å². The van der Waals surface area contributed by atoms with E-state index < -0.39 is 23.8 Å². The summed E-state index contributed by atoms with van der Waals surface area (Å²) in [6.45, 7) is 0.270. The smallest absolute Gasteiger partial charge is 0.333 e. The minimum atomic E-state index is -2.91. The highest BCUT2D eigenvalue weighted by molar-refractivity contribution is 6.30. The summed E-state index contributed by atoms with van der Waals surface area (Å²) >= 11 is 5.88. The molecule has 3 heterocycles. The van der Waals surface area contributed by atoms with Crippen molar-refractivity contribution in [3.63, 3.8) is 0 Å². The molecule has 0 bridgehead atoms. The van der Waals surface area contributed by atoms with Crippen molar-refractivity contribution in [3.8, 4) is 11.6 Å². The number of aliphatic hydroxyl groups excluding tert-OH is 1. The average Bonchev–Trinajstić information content (AvgIpc) is 3.23. The van der Waals surface area contributed by atoms with Gasteiger partial charge in [-0.1, -0.05) is 11.6 Å². The van der Waals surface area contributed by atoms with E-state index in [0.717, 1.165) is 6.20 Å². The van der Waals surface area contributed by atoms with Crippen LogP contribution in [0.3, 0.4) is 0 Å². The Bertz CT molecular complexity index is 1600. The van der Waals surface area contributed by atoms with E-state index in [1.54, 1.807) is 22.8 Å². The first-order valence-corrected chi connectivity index (χ1v) is 13.5. The fourth-order valence-electron chi connectivity index (χ4n) is 5.21. The Morgan fingerprint density at radius 3 is 2.56 bits per heavy atom. The van der Waals surface area contributed by atoms with Gasteiger partial charge in [0.1, 0.15) is 18.1 Å². The Hall–Kier alpha value is -3.90. The molecule has 1 amide bonds. The van der Waals surface area contributed by atoms with Crippen molar-refractivity contribution in [1.82, 2.24) is 24.4 Å². The van der Waals surface area contributed by atoms with Gasteiger partial charge in [0.15, 0.2) is 0 Å². The van der Waals surface area contributed by atoms with Gasteiger partial charge in [-0.15, -0.1) is 0 Å². The highest BCUT2D eigenvalue weighted by atomic mass is 35.5. The molecule has 216 valence electrons. The molecule has 4 aromatic rings. The number of benzene rings is 1. The first-order valence-electron chi connectivity index (χ1n) is 13.1. The van der Waals surface area contributed by atoms with E-state index in [0.29, 0.717) is 54.8 Å². The summed E-state index contributed by atoms with van der Waals surface area (Å²) in [6, 6.07) is 8.35. The number of ether oxygens (including phenoxy) is 1. The Labute approximate surface area is 237 Å². The van der Waals surface area contributed by atoms with Crippen LogP contribution in [0.1, 0.15) is 48.2 Å². The molecule has 1 aliphatic carbocycles. The van der Waals surface area contributed by atoms with E-state index >= 15 is 0 Å². The maximum atomic E-state index is 14.3. The molecule has 0 saturated heterocycles. The molecule has 1 aliphatic rings. The van der Waals surface area contributed by atoms with Gasteiger partial charge in [-0.25, -0.2) is 22.9 Å². The number of pyridine rings is 2. The number of amides is 1. The third kappa shape index (κ3) is 6.23. The van der Waals surface area contributed by atoms with Crippen LogP contribution in [-0.4, -0.2) is 49.4 Å². The van der Waals surface area contributed by atoms with Crippen LogP contribution < -0.4 is 15.7 Å². The molecule has 0 atom stereocenters. The minimum absolute atomic E-state index is 0.0695. The molecule has 2 N–H and O–H groups in total. The standard InChI is InChI=1S/C28H27ClF3N5O4/c29-17-11-21(25(26(31)32)34-13-17)27(39)35-19-4-1-16(2-5-19)15-36-23-12-18(30)3-7-22(23)37(28(36)40)20-6-8-24(33-14-20)41-10-9-38/h3,6-8,11-14,16,19,26,38H,1-2,4-5,9-10,15H2,(H,35,39). The van der Waals surface area contributed by atoms with E-state index in [1.165, 1.54) is 29.0 Å². The number of nitrogens with zero attached hydrogens (tertiary/aromatic N) is 4. The number of hydrogen-bond donors (Lipinski definition) is 2. The summed E-state index contributed by atoms with van der Waals surface area (Å²) in [5, 5.41) is 11.8. The summed E-state index contributed by atoms with van der Waals surface area (Å²) in [5.41, 5.74) is 0.225.